The molecule has 0 radical (unpaired) electrons. The van der Waals surface area contributed by atoms with Gasteiger partial charge in [0.25, 0.3) is 5.91 Å². The van der Waals surface area contributed by atoms with Crippen LogP contribution in [0.2, 0.25) is 0 Å². The summed E-state index contributed by atoms with van der Waals surface area (Å²) in [6.07, 6.45) is 4.12. The molecule has 0 saturated carbocycles. The number of rotatable bonds is 5. The molecule has 1 aliphatic rings. The first-order valence-corrected chi connectivity index (χ1v) is 10.5. The van der Waals surface area contributed by atoms with E-state index in [0.29, 0.717) is 35.9 Å². The summed E-state index contributed by atoms with van der Waals surface area (Å²) in [5.74, 6) is 0.950. The molecule has 0 aliphatic carbocycles. The molecule has 0 bridgehead atoms. The van der Waals surface area contributed by atoms with Gasteiger partial charge in [-0.1, -0.05) is 13.8 Å². The number of anilines is 3. The summed E-state index contributed by atoms with van der Waals surface area (Å²) < 4.78 is 14.6. The summed E-state index contributed by atoms with van der Waals surface area (Å²) in [5, 5.41) is 14.4. The summed E-state index contributed by atoms with van der Waals surface area (Å²) in [5.41, 5.74) is 4.88. The molecule has 1 saturated heterocycles. The number of aliphatic hydroxyl groups excluding tert-OH is 1. The second-order valence-corrected chi connectivity index (χ2v) is 8.57. The monoisotopic (exact) mass is 439 g/mol. The van der Waals surface area contributed by atoms with Gasteiger partial charge in [0.1, 0.15) is 17.3 Å². The fourth-order valence-electron chi connectivity index (χ4n) is 3.89. The van der Waals surface area contributed by atoms with E-state index in [1.54, 1.807) is 29.6 Å². The number of pyridine rings is 2. The molecule has 1 aliphatic heterocycles. The quantitative estimate of drug-likeness (QED) is 0.553. The molecular weight excluding hydrogens is 413 g/mol. The van der Waals surface area contributed by atoms with Crippen LogP contribution in [0.5, 0.6) is 0 Å². The molecular formula is C22H26FN7O2. The van der Waals surface area contributed by atoms with E-state index in [0.717, 1.165) is 10.9 Å². The van der Waals surface area contributed by atoms with E-state index in [9.17, 15) is 14.3 Å². The van der Waals surface area contributed by atoms with Gasteiger partial charge in [-0.2, -0.15) is 4.98 Å². The van der Waals surface area contributed by atoms with Gasteiger partial charge in [0, 0.05) is 30.5 Å². The Morgan fingerprint density at radius 1 is 1.28 bits per heavy atom. The third-order valence-electron chi connectivity index (χ3n) is 5.71. The minimum Gasteiger partial charge on any atom is -0.390 e. The second-order valence-electron chi connectivity index (χ2n) is 8.57. The van der Waals surface area contributed by atoms with Crippen LogP contribution in [0.25, 0.3) is 10.8 Å². The first-order valence-electron chi connectivity index (χ1n) is 10.5. The number of fused-ring (bicyclic) bond motifs is 1. The van der Waals surface area contributed by atoms with E-state index in [1.165, 1.54) is 6.92 Å². The maximum atomic E-state index is 14.6. The standard InChI is InChI=1S/C22H26FN7O2/c1-12(2)14-9-27-19(20(24)32)15-10-26-18(8-13(14)15)28-17-4-6-25-21(29-17)30-7-5-16(31)22(3,23)11-30/h4,6,8-10,12,16,31H,5,7,11H2,1-3H3,(H2,24,32)(H,25,26,28,29)/t16-,22+/m1/s1. The molecule has 0 spiro atoms. The van der Waals surface area contributed by atoms with Gasteiger partial charge < -0.3 is 21.1 Å². The number of amides is 1. The van der Waals surface area contributed by atoms with E-state index in [2.05, 4.69) is 25.3 Å². The molecule has 32 heavy (non-hydrogen) atoms. The van der Waals surface area contributed by atoms with Crippen LogP contribution in [0.15, 0.2) is 30.7 Å². The summed E-state index contributed by atoms with van der Waals surface area (Å²) in [6.45, 7) is 5.93. The van der Waals surface area contributed by atoms with Crippen molar-refractivity contribution in [3.63, 3.8) is 0 Å². The van der Waals surface area contributed by atoms with Crippen molar-refractivity contribution >= 4 is 34.3 Å². The summed E-state index contributed by atoms with van der Waals surface area (Å²) in [7, 11) is 0. The van der Waals surface area contributed by atoms with Crippen molar-refractivity contribution < 1.29 is 14.3 Å². The number of nitrogens with one attached hydrogen (secondary N) is 1. The van der Waals surface area contributed by atoms with E-state index < -0.39 is 17.7 Å². The Kier molecular flexibility index (Phi) is 5.64. The molecule has 9 nitrogen and oxygen atoms in total. The highest BCUT2D eigenvalue weighted by molar-refractivity contribution is 6.05. The van der Waals surface area contributed by atoms with Crippen LogP contribution in [0.1, 0.15) is 49.2 Å². The Morgan fingerprint density at radius 2 is 2.06 bits per heavy atom. The van der Waals surface area contributed by atoms with Crippen molar-refractivity contribution in [2.45, 2.75) is 44.9 Å². The number of nitrogens with zero attached hydrogens (tertiary/aromatic N) is 5. The lowest BCUT2D eigenvalue weighted by molar-refractivity contribution is -0.00860. The maximum Gasteiger partial charge on any atom is 0.268 e. The number of alkyl halides is 1. The largest absolute Gasteiger partial charge is 0.390 e. The summed E-state index contributed by atoms with van der Waals surface area (Å²) in [6, 6.07) is 3.52. The Balaban J connectivity index is 1.65. The molecule has 1 amide bonds. The van der Waals surface area contributed by atoms with Crippen LogP contribution in [0, 0.1) is 0 Å². The molecule has 4 rings (SSSR count). The highest BCUT2D eigenvalue weighted by Crippen LogP contribution is 2.30. The van der Waals surface area contributed by atoms with Crippen LogP contribution in [0.3, 0.4) is 0 Å². The molecule has 2 atom stereocenters. The number of nitrogens with two attached hydrogens (primary N) is 1. The predicted molar refractivity (Wildman–Crippen MR) is 120 cm³/mol. The van der Waals surface area contributed by atoms with Gasteiger partial charge in [-0.05, 0) is 42.3 Å². The Labute approximate surface area is 184 Å². The summed E-state index contributed by atoms with van der Waals surface area (Å²) in [4.78, 5) is 30.9. The lowest BCUT2D eigenvalue weighted by Gasteiger charge is -2.38. The number of piperidine rings is 1. The van der Waals surface area contributed by atoms with E-state index in [4.69, 9.17) is 5.73 Å². The molecule has 0 unspecified atom stereocenters. The number of carbonyl (C=O) groups is 1. The number of primary amides is 1. The predicted octanol–water partition coefficient (Wildman–Crippen LogP) is 2.68. The second kappa shape index (κ2) is 8.27. The smallest absolute Gasteiger partial charge is 0.268 e. The zero-order valence-corrected chi connectivity index (χ0v) is 18.2. The number of hydrogen-bond acceptors (Lipinski definition) is 8. The third kappa shape index (κ3) is 4.18. The van der Waals surface area contributed by atoms with Crippen molar-refractivity contribution in [2.75, 3.05) is 23.3 Å². The van der Waals surface area contributed by atoms with Gasteiger partial charge in [-0.15, -0.1) is 0 Å². The third-order valence-corrected chi connectivity index (χ3v) is 5.71. The fourth-order valence-corrected chi connectivity index (χ4v) is 3.89. The first-order chi connectivity index (χ1) is 15.2. The van der Waals surface area contributed by atoms with Crippen molar-refractivity contribution in [3.05, 3.63) is 42.0 Å². The average molecular weight is 439 g/mol. The number of hydrogen-bond donors (Lipinski definition) is 3. The highest BCUT2D eigenvalue weighted by Gasteiger charge is 2.39. The van der Waals surface area contributed by atoms with Gasteiger partial charge in [-0.3, -0.25) is 9.78 Å². The number of halogens is 1. The number of aromatic nitrogens is 4. The van der Waals surface area contributed by atoms with Gasteiger partial charge in [0.15, 0.2) is 5.67 Å². The summed E-state index contributed by atoms with van der Waals surface area (Å²) >= 11 is 0. The SMILES string of the molecule is CC(C)c1cnc(C(N)=O)c2cnc(Nc3ccnc(N4CC[C@@H](O)[C@@](C)(F)C4)n3)cc12. The first kappa shape index (κ1) is 21.8. The molecule has 10 heteroatoms. The van der Waals surface area contributed by atoms with Crippen LogP contribution in [-0.2, 0) is 0 Å². The van der Waals surface area contributed by atoms with Gasteiger partial charge >= 0.3 is 0 Å². The Bertz CT molecular complexity index is 1170. The maximum absolute atomic E-state index is 14.6. The number of carbonyl (C=O) groups excluding carboxylic acids is 1. The van der Waals surface area contributed by atoms with Crippen molar-refractivity contribution in [1.29, 1.82) is 0 Å². The molecule has 4 N–H and O–H groups in total. The van der Waals surface area contributed by atoms with E-state index in [-0.39, 0.29) is 18.2 Å². The van der Waals surface area contributed by atoms with E-state index in [1.807, 2.05) is 19.9 Å². The molecule has 3 aromatic rings. The van der Waals surface area contributed by atoms with Gasteiger partial charge in [-0.25, -0.2) is 14.4 Å². The minimum absolute atomic E-state index is 0.00644. The zero-order chi connectivity index (χ0) is 23.0. The van der Waals surface area contributed by atoms with Crippen LogP contribution < -0.4 is 16.0 Å². The molecule has 1 fully saturated rings. The molecule has 3 aromatic heterocycles. The topological polar surface area (TPSA) is 130 Å². The van der Waals surface area contributed by atoms with Gasteiger partial charge in [0.2, 0.25) is 5.95 Å². The van der Waals surface area contributed by atoms with Crippen molar-refractivity contribution in [3.8, 4) is 0 Å². The van der Waals surface area contributed by atoms with Crippen molar-refractivity contribution in [1.82, 2.24) is 19.9 Å². The average Bonchev–Trinajstić information content (AvgIpc) is 2.74. The lowest BCUT2D eigenvalue weighted by Crippen LogP contribution is -2.52. The van der Waals surface area contributed by atoms with Crippen LogP contribution in [0.4, 0.5) is 22.0 Å². The minimum atomic E-state index is -1.73. The van der Waals surface area contributed by atoms with Crippen LogP contribution in [-0.4, -0.2) is 55.8 Å². The fraction of sp³-hybridized carbons (Fsp3) is 0.409. The Morgan fingerprint density at radius 3 is 2.75 bits per heavy atom. The van der Waals surface area contributed by atoms with Crippen LogP contribution >= 0.6 is 0 Å². The molecule has 4 heterocycles. The Hall–Kier alpha value is -3.40. The zero-order valence-electron chi connectivity index (χ0n) is 18.2. The van der Waals surface area contributed by atoms with Crippen molar-refractivity contribution in [2.24, 2.45) is 5.73 Å². The molecule has 168 valence electrons. The van der Waals surface area contributed by atoms with E-state index >= 15 is 0 Å². The van der Waals surface area contributed by atoms with Gasteiger partial charge in [0.05, 0.1) is 12.6 Å². The molecule has 0 aromatic carbocycles. The lowest BCUT2D eigenvalue weighted by atomic mass is 9.94. The normalized spacial score (nSPS) is 21.2. The number of aliphatic hydroxyl groups is 1. The highest BCUT2D eigenvalue weighted by atomic mass is 19.1.